The first-order valence-electron chi connectivity index (χ1n) is 8.21. The van der Waals surface area contributed by atoms with Gasteiger partial charge in [0, 0.05) is 30.7 Å². The molecule has 7 heteroatoms. The average Bonchev–Trinajstić information content (AvgIpc) is 3.25. The lowest BCUT2D eigenvalue weighted by Gasteiger charge is -2.00. The topological polar surface area (TPSA) is 80.9 Å². The molecule has 0 atom stereocenters. The molecule has 1 aromatic carbocycles. The number of nitrogens with zero attached hydrogens (tertiary/aromatic N) is 3. The molecule has 0 saturated heterocycles. The Morgan fingerprint density at radius 1 is 1.24 bits per heavy atom. The molecule has 3 rings (SSSR count). The number of amides is 1. The minimum Gasteiger partial charge on any atom is -0.350 e. The molecule has 0 radical (unpaired) electrons. The number of carbonyl (C=O) groups is 1. The van der Waals surface area contributed by atoms with Crippen LogP contribution in [0.2, 0.25) is 0 Å². The zero-order valence-corrected chi connectivity index (χ0v) is 15.0. The molecule has 1 N–H and O–H groups in total. The Balaban J connectivity index is 1.50. The lowest BCUT2D eigenvalue weighted by Crippen LogP contribution is -2.26. The molecule has 130 valence electrons. The van der Waals surface area contributed by atoms with Gasteiger partial charge >= 0.3 is 0 Å². The van der Waals surface area contributed by atoms with Crippen molar-refractivity contribution >= 4 is 17.2 Å². The van der Waals surface area contributed by atoms with Crippen LogP contribution in [0, 0.1) is 0 Å². The van der Waals surface area contributed by atoms with Crippen LogP contribution in [0.15, 0.2) is 40.2 Å². The summed E-state index contributed by atoms with van der Waals surface area (Å²) in [6, 6.07) is 10.1. The molecule has 25 heavy (non-hydrogen) atoms. The molecule has 2 heterocycles. The number of hydrogen-bond acceptors (Lipinski definition) is 6. The fraction of sp³-hybridized carbons (Fsp3) is 0.333. The van der Waals surface area contributed by atoms with E-state index in [1.165, 1.54) is 16.9 Å². The third kappa shape index (κ3) is 4.73. The molecule has 1 amide bonds. The first-order chi connectivity index (χ1) is 12.1. The van der Waals surface area contributed by atoms with E-state index in [1.54, 1.807) is 5.38 Å². The Hall–Kier alpha value is -2.54. The lowest BCUT2D eigenvalue weighted by atomic mass is 10.2. The van der Waals surface area contributed by atoms with Crippen molar-refractivity contribution in [3.8, 4) is 0 Å². The molecular formula is C18H20N4O2S. The van der Waals surface area contributed by atoms with Crippen molar-refractivity contribution in [2.24, 2.45) is 0 Å². The third-order valence-electron chi connectivity index (χ3n) is 3.61. The van der Waals surface area contributed by atoms with Crippen LogP contribution in [-0.4, -0.2) is 27.6 Å². The van der Waals surface area contributed by atoms with Crippen LogP contribution in [0.3, 0.4) is 0 Å². The lowest BCUT2D eigenvalue weighted by molar-refractivity contribution is 0.0949. The van der Waals surface area contributed by atoms with Crippen LogP contribution < -0.4 is 5.32 Å². The minimum absolute atomic E-state index is 0.181. The molecule has 0 aliphatic heterocycles. The molecule has 0 unspecified atom stereocenters. The number of thiazole rings is 1. The Bertz CT molecular complexity index is 826. The summed E-state index contributed by atoms with van der Waals surface area (Å²) in [5.41, 5.74) is 1.63. The Kier molecular flexibility index (Phi) is 5.55. The summed E-state index contributed by atoms with van der Waals surface area (Å²) in [5, 5.41) is 9.46. The second-order valence-electron chi connectivity index (χ2n) is 6.00. The maximum absolute atomic E-state index is 12.2. The molecule has 0 fully saturated rings. The molecule has 0 aliphatic rings. The van der Waals surface area contributed by atoms with Crippen molar-refractivity contribution in [1.82, 2.24) is 20.4 Å². The molecule has 0 saturated carbocycles. The van der Waals surface area contributed by atoms with E-state index in [0.29, 0.717) is 30.4 Å². The van der Waals surface area contributed by atoms with Crippen molar-refractivity contribution in [1.29, 1.82) is 0 Å². The number of carbonyl (C=O) groups excluding carboxylic acids is 1. The summed E-state index contributed by atoms with van der Waals surface area (Å²) >= 11 is 1.50. The van der Waals surface area contributed by atoms with Crippen molar-refractivity contribution in [2.45, 2.75) is 32.6 Å². The van der Waals surface area contributed by atoms with E-state index >= 15 is 0 Å². The number of rotatable bonds is 7. The van der Waals surface area contributed by atoms with Crippen LogP contribution in [0.1, 0.15) is 52.5 Å². The molecule has 0 aliphatic carbocycles. The molecular weight excluding hydrogens is 336 g/mol. The highest BCUT2D eigenvalue weighted by Crippen LogP contribution is 2.15. The van der Waals surface area contributed by atoms with Crippen LogP contribution in [-0.2, 0) is 12.8 Å². The Morgan fingerprint density at radius 3 is 2.76 bits per heavy atom. The van der Waals surface area contributed by atoms with Gasteiger partial charge in [-0.1, -0.05) is 49.3 Å². The Labute approximate surface area is 150 Å². The van der Waals surface area contributed by atoms with E-state index in [2.05, 4.69) is 32.6 Å². The zero-order chi connectivity index (χ0) is 17.6. The first-order valence-corrected chi connectivity index (χ1v) is 9.09. The van der Waals surface area contributed by atoms with E-state index in [-0.39, 0.29) is 11.8 Å². The van der Waals surface area contributed by atoms with Crippen LogP contribution in [0.4, 0.5) is 0 Å². The summed E-state index contributed by atoms with van der Waals surface area (Å²) < 4.78 is 5.16. The predicted molar refractivity (Wildman–Crippen MR) is 95.8 cm³/mol. The van der Waals surface area contributed by atoms with Crippen LogP contribution in [0.25, 0.3) is 0 Å². The first kappa shape index (κ1) is 17.3. The van der Waals surface area contributed by atoms with Gasteiger partial charge in [-0.25, -0.2) is 4.98 Å². The SMILES string of the molecule is CC(C)c1noc(CCNC(=O)c2csc(Cc3ccccc3)n2)n1. The van der Waals surface area contributed by atoms with Gasteiger partial charge in [0.25, 0.3) is 5.91 Å². The standard InChI is InChI=1S/C18H20N4O2S/c1-12(2)17-21-15(24-22-17)8-9-19-18(23)14-11-25-16(20-14)10-13-6-4-3-5-7-13/h3-7,11-12H,8-10H2,1-2H3,(H,19,23). The molecule has 0 spiro atoms. The second-order valence-corrected chi connectivity index (χ2v) is 6.94. The fourth-order valence-corrected chi connectivity index (χ4v) is 3.05. The number of benzene rings is 1. The second kappa shape index (κ2) is 8.02. The largest absolute Gasteiger partial charge is 0.350 e. The minimum atomic E-state index is -0.181. The highest BCUT2D eigenvalue weighted by Gasteiger charge is 2.13. The molecule has 2 aromatic heterocycles. The third-order valence-corrected chi connectivity index (χ3v) is 4.46. The van der Waals surface area contributed by atoms with Crippen LogP contribution >= 0.6 is 11.3 Å². The van der Waals surface area contributed by atoms with Gasteiger partial charge in [0.05, 0.1) is 5.01 Å². The number of nitrogens with one attached hydrogen (secondary N) is 1. The maximum atomic E-state index is 12.2. The van der Waals surface area contributed by atoms with Crippen molar-refractivity contribution in [3.63, 3.8) is 0 Å². The van der Waals surface area contributed by atoms with Crippen molar-refractivity contribution in [3.05, 3.63) is 63.7 Å². The van der Waals surface area contributed by atoms with Crippen molar-refractivity contribution in [2.75, 3.05) is 6.54 Å². The van der Waals surface area contributed by atoms with E-state index in [0.717, 1.165) is 11.4 Å². The summed E-state index contributed by atoms with van der Waals surface area (Å²) in [6.45, 7) is 4.45. The summed E-state index contributed by atoms with van der Waals surface area (Å²) in [4.78, 5) is 20.9. The monoisotopic (exact) mass is 356 g/mol. The van der Waals surface area contributed by atoms with Crippen LogP contribution in [0.5, 0.6) is 0 Å². The molecule has 6 nitrogen and oxygen atoms in total. The van der Waals surface area contributed by atoms with Gasteiger partial charge in [-0.05, 0) is 5.56 Å². The molecule has 0 bridgehead atoms. The van der Waals surface area contributed by atoms with Crippen molar-refractivity contribution < 1.29 is 9.32 Å². The summed E-state index contributed by atoms with van der Waals surface area (Å²) in [7, 11) is 0. The van der Waals surface area contributed by atoms with Gasteiger partial charge in [0.1, 0.15) is 5.69 Å². The molecule has 3 aromatic rings. The predicted octanol–water partition coefficient (Wildman–Crippen LogP) is 3.21. The zero-order valence-electron chi connectivity index (χ0n) is 14.2. The van der Waals surface area contributed by atoms with E-state index in [9.17, 15) is 4.79 Å². The van der Waals surface area contributed by atoms with Gasteiger partial charge in [0.15, 0.2) is 5.82 Å². The van der Waals surface area contributed by atoms with Gasteiger partial charge in [-0.3, -0.25) is 4.79 Å². The highest BCUT2D eigenvalue weighted by molar-refractivity contribution is 7.09. The van der Waals surface area contributed by atoms with Gasteiger partial charge in [0.2, 0.25) is 5.89 Å². The highest BCUT2D eigenvalue weighted by atomic mass is 32.1. The number of hydrogen-bond donors (Lipinski definition) is 1. The van der Waals surface area contributed by atoms with Gasteiger partial charge < -0.3 is 9.84 Å². The van der Waals surface area contributed by atoms with Gasteiger partial charge in [-0.2, -0.15) is 4.98 Å². The summed E-state index contributed by atoms with van der Waals surface area (Å²) in [5.74, 6) is 1.27. The number of aromatic nitrogens is 3. The van der Waals surface area contributed by atoms with E-state index in [4.69, 9.17) is 4.52 Å². The fourth-order valence-electron chi connectivity index (χ4n) is 2.24. The van der Waals surface area contributed by atoms with E-state index < -0.39 is 0 Å². The summed E-state index contributed by atoms with van der Waals surface area (Å²) in [6.07, 6.45) is 1.24. The smallest absolute Gasteiger partial charge is 0.270 e. The normalized spacial score (nSPS) is 11.0. The Morgan fingerprint density at radius 2 is 2.04 bits per heavy atom. The average molecular weight is 356 g/mol. The maximum Gasteiger partial charge on any atom is 0.270 e. The van der Waals surface area contributed by atoms with Gasteiger partial charge in [-0.15, -0.1) is 11.3 Å². The quantitative estimate of drug-likeness (QED) is 0.703. The van der Waals surface area contributed by atoms with E-state index in [1.807, 2.05) is 32.0 Å².